The number of imide groups is 1. The second-order valence-corrected chi connectivity index (χ2v) is 5.17. The fraction of sp³-hybridized carbons (Fsp3) is 0.267. The van der Waals surface area contributed by atoms with E-state index in [0.717, 1.165) is 0 Å². The molecule has 0 N–H and O–H groups in total. The summed E-state index contributed by atoms with van der Waals surface area (Å²) in [6.45, 7) is 0. The van der Waals surface area contributed by atoms with Gasteiger partial charge in [-0.3, -0.25) is 9.59 Å². The van der Waals surface area contributed by atoms with Crippen LogP contribution in [-0.2, 0) is 14.3 Å². The van der Waals surface area contributed by atoms with E-state index in [9.17, 15) is 9.59 Å². The first-order valence-corrected chi connectivity index (χ1v) is 6.42. The molecule has 5 nitrogen and oxygen atoms in total. The van der Waals surface area contributed by atoms with Crippen LogP contribution in [0.5, 0.6) is 0 Å². The summed E-state index contributed by atoms with van der Waals surface area (Å²) in [6.07, 6.45) is 3.17. The quantitative estimate of drug-likeness (QED) is 0.561. The van der Waals surface area contributed by atoms with Crippen LogP contribution in [0.25, 0.3) is 0 Å². The van der Waals surface area contributed by atoms with Gasteiger partial charge in [-0.2, -0.15) is 5.26 Å². The molecule has 0 spiro atoms. The highest BCUT2D eigenvalue weighted by Crippen LogP contribution is 2.46. The Morgan fingerprint density at radius 1 is 1.00 bits per heavy atom. The number of fused-ring (bicyclic) bond motifs is 5. The summed E-state index contributed by atoms with van der Waals surface area (Å²) >= 11 is 0. The van der Waals surface area contributed by atoms with Crippen molar-refractivity contribution in [1.29, 1.82) is 5.26 Å². The highest BCUT2D eigenvalue weighted by molar-refractivity contribution is 6.23. The minimum atomic E-state index is -0.395. The zero-order valence-corrected chi connectivity index (χ0v) is 10.4. The predicted molar refractivity (Wildman–Crippen MR) is 68.4 cm³/mol. The number of ether oxygens (including phenoxy) is 1. The maximum Gasteiger partial charge on any atom is 0.240 e. The molecule has 98 valence electrons. The third-order valence-corrected chi connectivity index (χ3v) is 4.17. The molecule has 4 atom stereocenters. The fourth-order valence-electron chi connectivity index (χ4n) is 3.24. The molecule has 3 aliphatic heterocycles. The number of carbonyl (C=O) groups excluding carboxylic acids is 2. The van der Waals surface area contributed by atoms with Crippen molar-refractivity contribution >= 4 is 17.5 Å². The molecule has 1 aromatic carbocycles. The van der Waals surface area contributed by atoms with Crippen LogP contribution in [0.1, 0.15) is 5.56 Å². The van der Waals surface area contributed by atoms with E-state index in [4.69, 9.17) is 10.00 Å². The fourth-order valence-corrected chi connectivity index (χ4v) is 3.24. The minimum Gasteiger partial charge on any atom is -0.365 e. The molecule has 0 radical (unpaired) electrons. The van der Waals surface area contributed by atoms with Gasteiger partial charge in [0.15, 0.2) is 0 Å². The molecule has 0 unspecified atom stereocenters. The van der Waals surface area contributed by atoms with Crippen molar-refractivity contribution in [3.8, 4) is 6.07 Å². The Labute approximate surface area is 115 Å². The van der Waals surface area contributed by atoms with Crippen molar-refractivity contribution in [3.63, 3.8) is 0 Å². The van der Waals surface area contributed by atoms with Crippen molar-refractivity contribution in [2.75, 3.05) is 4.90 Å². The third-order valence-electron chi connectivity index (χ3n) is 4.17. The molecule has 0 aliphatic carbocycles. The number of hydrogen-bond acceptors (Lipinski definition) is 4. The summed E-state index contributed by atoms with van der Waals surface area (Å²) in [5, 5.41) is 8.78. The Hall–Kier alpha value is -2.45. The predicted octanol–water partition coefficient (Wildman–Crippen LogP) is 1.00. The summed E-state index contributed by atoms with van der Waals surface area (Å²) in [7, 11) is 0. The molecule has 2 amide bonds. The zero-order valence-electron chi connectivity index (χ0n) is 10.4. The van der Waals surface area contributed by atoms with Crippen LogP contribution in [0, 0.1) is 23.2 Å². The standard InChI is InChI=1S/C15H10N2O3/c16-7-8-1-3-9(4-2-8)17-14(18)12-10-5-6-11(20-10)13(12)15(17)19/h1-6,10-13H/t10-,11-,12+,13+/m1/s1. The topological polar surface area (TPSA) is 70.4 Å². The first-order chi connectivity index (χ1) is 9.70. The van der Waals surface area contributed by atoms with Gasteiger partial charge < -0.3 is 4.74 Å². The van der Waals surface area contributed by atoms with Gasteiger partial charge in [-0.25, -0.2) is 4.90 Å². The molecular weight excluding hydrogens is 256 g/mol. The van der Waals surface area contributed by atoms with Gasteiger partial charge in [0.1, 0.15) is 0 Å². The van der Waals surface area contributed by atoms with E-state index in [1.165, 1.54) is 4.90 Å². The van der Waals surface area contributed by atoms with Crippen molar-refractivity contribution < 1.29 is 14.3 Å². The van der Waals surface area contributed by atoms with Crippen LogP contribution in [0.15, 0.2) is 36.4 Å². The monoisotopic (exact) mass is 266 g/mol. The molecule has 0 aromatic heterocycles. The normalized spacial score (nSPS) is 33.6. The number of hydrogen-bond donors (Lipinski definition) is 0. The van der Waals surface area contributed by atoms with E-state index in [2.05, 4.69) is 0 Å². The average molecular weight is 266 g/mol. The number of amides is 2. The summed E-state index contributed by atoms with van der Waals surface area (Å²) in [5.41, 5.74) is 1.02. The number of benzene rings is 1. The van der Waals surface area contributed by atoms with Gasteiger partial charge in [-0.05, 0) is 24.3 Å². The van der Waals surface area contributed by atoms with E-state index in [-0.39, 0.29) is 24.0 Å². The van der Waals surface area contributed by atoms with Crippen LogP contribution in [0.3, 0.4) is 0 Å². The van der Waals surface area contributed by atoms with E-state index < -0.39 is 11.8 Å². The van der Waals surface area contributed by atoms with E-state index >= 15 is 0 Å². The van der Waals surface area contributed by atoms with Crippen molar-refractivity contribution in [2.24, 2.45) is 11.8 Å². The lowest BCUT2D eigenvalue weighted by molar-refractivity contribution is -0.124. The first kappa shape index (κ1) is 11.4. The van der Waals surface area contributed by atoms with Crippen LogP contribution in [0.2, 0.25) is 0 Å². The highest BCUT2D eigenvalue weighted by Gasteiger charge is 2.60. The molecule has 20 heavy (non-hydrogen) atoms. The van der Waals surface area contributed by atoms with Crippen molar-refractivity contribution in [1.82, 2.24) is 0 Å². The molecule has 4 rings (SSSR count). The van der Waals surface area contributed by atoms with Gasteiger partial charge in [0, 0.05) is 0 Å². The number of nitrogens with zero attached hydrogens (tertiary/aromatic N) is 2. The van der Waals surface area contributed by atoms with Crippen LogP contribution in [-0.4, -0.2) is 24.0 Å². The van der Waals surface area contributed by atoms with Crippen molar-refractivity contribution in [3.05, 3.63) is 42.0 Å². The Morgan fingerprint density at radius 3 is 2.05 bits per heavy atom. The highest BCUT2D eigenvalue weighted by atomic mass is 16.5. The molecule has 2 fully saturated rings. The van der Waals surface area contributed by atoms with Gasteiger partial charge in [-0.15, -0.1) is 0 Å². The van der Waals surface area contributed by atoms with Crippen LogP contribution < -0.4 is 4.90 Å². The largest absolute Gasteiger partial charge is 0.365 e. The lowest BCUT2D eigenvalue weighted by atomic mass is 9.85. The summed E-state index contributed by atoms with van der Waals surface area (Å²) in [5.74, 6) is -1.20. The maximum absolute atomic E-state index is 12.5. The maximum atomic E-state index is 12.5. The molecule has 0 saturated carbocycles. The van der Waals surface area contributed by atoms with E-state index in [1.807, 2.05) is 18.2 Å². The Balaban J connectivity index is 1.72. The van der Waals surface area contributed by atoms with Crippen LogP contribution >= 0.6 is 0 Å². The number of rotatable bonds is 1. The molecule has 3 heterocycles. The van der Waals surface area contributed by atoms with E-state index in [0.29, 0.717) is 11.3 Å². The van der Waals surface area contributed by atoms with Gasteiger partial charge in [0.05, 0.1) is 41.4 Å². The first-order valence-electron chi connectivity index (χ1n) is 6.42. The van der Waals surface area contributed by atoms with E-state index in [1.54, 1.807) is 24.3 Å². The number of carbonyl (C=O) groups is 2. The lowest BCUT2D eigenvalue weighted by Crippen LogP contribution is -2.34. The lowest BCUT2D eigenvalue weighted by Gasteiger charge is -2.17. The Morgan fingerprint density at radius 2 is 1.55 bits per heavy atom. The average Bonchev–Trinajstić information content (AvgIpc) is 3.14. The summed E-state index contributed by atoms with van der Waals surface area (Å²) in [4.78, 5) is 26.2. The number of anilines is 1. The SMILES string of the molecule is N#Cc1ccc(N2C(=O)[C@@H]3[C@@H](C2=O)[C@H]2C=C[C@H]3O2)cc1. The zero-order chi connectivity index (χ0) is 13.9. The molecule has 1 aromatic rings. The van der Waals surface area contributed by atoms with Gasteiger partial charge >= 0.3 is 0 Å². The smallest absolute Gasteiger partial charge is 0.240 e. The Bertz CT molecular complexity index is 656. The molecular formula is C15H10N2O3. The van der Waals surface area contributed by atoms with Gasteiger partial charge in [0.2, 0.25) is 11.8 Å². The second kappa shape index (κ2) is 3.78. The van der Waals surface area contributed by atoms with Crippen LogP contribution in [0.4, 0.5) is 5.69 Å². The van der Waals surface area contributed by atoms with Crippen molar-refractivity contribution in [2.45, 2.75) is 12.2 Å². The van der Waals surface area contributed by atoms with Gasteiger partial charge in [0.25, 0.3) is 0 Å². The Kier molecular flexibility index (Phi) is 2.15. The minimum absolute atomic E-state index is 0.207. The molecule has 3 aliphatic rings. The summed E-state index contributed by atoms with van der Waals surface area (Å²) in [6, 6.07) is 8.48. The van der Waals surface area contributed by atoms with Gasteiger partial charge in [-0.1, -0.05) is 12.2 Å². The summed E-state index contributed by atoms with van der Waals surface area (Å²) < 4.78 is 5.58. The third kappa shape index (κ3) is 1.29. The molecule has 5 heteroatoms. The second-order valence-electron chi connectivity index (χ2n) is 5.17. The molecule has 2 bridgehead atoms. The molecule has 2 saturated heterocycles. The number of nitriles is 1.